The third-order valence-corrected chi connectivity index (χ3v) is 5.05. The lowest BCUT2D eigenvalue weighted by atomic mass is 9.81. The summed E-state index contributed by atoms with van der Waals surface area (Å²) in [5, 5.41) is 10.2. The van der Waals surface area contributed by atoms with E-state index >= 15 is 0 Å². The number of aromatic nitrogens is 4. The van der Waals surface area contributed by atoms with Crippen LogP contribution in [-0.2, 0) is 11.6 Å². The molecule has 0 radical (unpaired) electrons. The van der Waals surface area contributed by atoms with Crippen LogP contribution in [0.3, 0.4) is 0 Å². The van der Waals surface area contributed by atoms with Crippen molar-refractivity contribution < 1.29 is 18.0 Å². The van der Waals surface area contributed by atoms with E-state index in [0.717, 1.165) is 6.07 Å². The van der Waals surface area contributed by atoms with Gasteiger partial charge in [0.25, 0.3) is 5.91 Å². The third-order valence-electron chi connectivity index (χ3n) is 5.05. The second kappa shape index (κ2) is 6.04. The lowest BCUT2D eigenvalue weighted by Gasteiger charge is -2.26. The number of likely N-dealkylation sites (tertiary alicyclic amines) is 1. The molecule has 0 spiro atoms. The second-order valence-corrected chi connectivity index (χ2v) is 6.98. The van der Waals surface area contributed by atoms with Crippen molar-refractivity contribution >= 4 is 17.1 Å². The number of H-pyrrole nitrogens is 1. The molecule has 1 saturated heterocycles. The van der Waals surface area contributed by atoms with Crippen molar-refractivity contribution in [1.29, 1.82) is 0 Å². The van der Waals surface area contributed by atoms with E-state index in [0.29, 0.717) is 36.2 Å². The largest absolute Gasteiger partial charge is 0.416 e. The number of nitrogens with one attached hydrogen (secondary N) is 1. The smallest absolute Gasteiger partial charge is 0.336 e. The third kappa shape index (κ3) is 3.13. The summed E-state index contributed by atoms with van der Waals surface area (Å²) in [4.78, 5) is 18.6. The minimum absolute atomic E-state index is 0.240. The van der Waals surface area contributed by atoms with Gasteiger partial charge >= 0.3 is 6.18 Å². The van der Waals surface area contributed by atoms with Crippen molar-refractivity contribution in [2.75, 3.05) is 13.1 Å². The number of nitrogens with zero attached hydrogens (tertiary/aromatic N) is 4. The predicted molar refractivity (Wildman–Crippen MR) is 91.0 cm³/mol. The summed E-state index contributed by atoms with van der Waals surface area (Å²) in [6.07, 6.45) is -3.82. The molecule has 9 heteroatoms. The quantitative estimate of drug-likeness (QED) is 0.747. The van der Waals surface area contributed by atoms with Crippen molar-refractivity contribution in [3.63, 3.8) is 0 Å². The Morgan fingerprint density at radius 1 is 1.22 bits per heavy atom. The van der Waals surface area contributed by atoms with Gasteiger partial charge in [-0.25, -0.2) is 4.98 Å². The molecule has 0 unspecified atom stereocenters. The first-order valence-corrected chi connectivity index (χ1v) is 8.41. The molecular weight excluding hydrogens is 359 g/mol. The van der Waals surface area contributed by atoms with E-state index in [1.165, 1.54) is 12.1 Å². The summed E-state index contributed by atoms with van der Waals surface area (Å²) >= 11 is 0. The molecule has 27 heavy (non-hydrogen) atoms. The number of alkyl halides is 3. The first-order chi connectivity index (χ1) is 12.8. The Bertz CT molecular complexity index is 1020. The molecule has 1 atom stereocenters. The molecule has 1 amide bonds. The van der Waals surface area contributed by atoms with Crippen molar-refractivity contribution in [2.45, 2.75) is 24.9 Å². The fourth-order valence-corrected chi connectivity index (χ4v) is 3.46. The maximum Gasteiger partial charge on any atom is 0.416 e. The Hall–Kier alpha value is -2.97. The average molecular weight is 375 g/mol. The Kier molecular flexibility index (Phi) is 3.90. The molecule has 140 valence electrons. The van der Waals surface area contributed by atoms with Crippen molar-refractivity contribution in [2.24, 2.45) is 0 Å². The Balaban J connectivity index is 1.57. The van der Waals surface area contributed by atoms with Crippen LogP contribution in [0.4, 0.5) is 13.2 Å². The molecule has 3 aromatic rings. The van der Waals surface area contributed by atoms with Crippen molar-refractivity contribution in [1.82, 2.24) is 25.3 Å². The normalized spacial score (nSPS) is 20.4. The molecule has 1 aliphatic heterocycles. The maximum absolute atomic E-state index is 13.0. The Labute approximate surface area is 152 Å². The second-order valence-electron chi connectivity index (χ2n) is 6.98. The van der Waals surface area contributed by atoms with Gasteiger partial charge in [-0.2, -0.15) is 23.5 Å². The topological polar surface area (TPSA) is 74.8 Å². The summed E-state index contributed by atoms with van der Waals surface area (Å²) in [5.74, 6) is -0.268. The Morgan fingerprint density at radius 3 is 2.81 bits per heavy atom. The molecule has 1 aromatic carbocycles. The van der Waals surface area contributed by atoms with E-state index in [9.17, 15) is 18.0 Å². The summed E-state index contributed by atoms with van der Waals surface area (Å²) in [7, 11) is 0. The van der Waals surface area contributed by atoms with Crippen LogP contribution in [0.15, 0.2) is 36.4 Å². The van der Waals surface area contributed by atoms with Gasteiger partial charge < -0.3 is 4.90 Å². The number of pyridine rings is 1. The molecule has 4 rings (SSSR count). The highest BCUT2D eigenvalue weighted by Gasteiger charge is 2.39. The van der Waals surface area contributed by atoms with E-state index in [1.807, 2.05) is 6.92 Å². The van der Waals surface area contributed by atoms with Crippen LogP contribution < -0.4 is 0 Å². The number of benzene rings is 1. The van der Waals surface area contributed by atoms with Gasteiger partial charge in [-0.05, 0) is 30.2 Å². The van der Waals surface area contributed by atoms with E-state index in [2.05, 4.69) is 20.4 Å². The van der Waals surface area contributed by atoms with E-state index < -0.39 is 17.2 Å². The average Bonchev–Trinajstić information content (AvgIpc) is 3.27. The van der Waals surface area contributed by atoms with Gasteiger partial charge in [0, 0.05) is 18.5 Å². The summed E-state index contributed by atoms with van der Waals surface area (Å²) in [5.41, 5.74) is 0.499. The van der Waals surface area contributed by atoms with Gasteiger partial charge in [0.15, 0.2) is 0 Å². The lowest BCUT2D eigenvalue weighted by Crippen LogP contribution is -2.33. The number of amides is 1. The van der Waals surface area contributed by atoms with E-state index in [-0.39, 0.29) is 11.6 Å². The molecule has 3 heterocycles. The van der Waals surface area contributed by atoms with Gasteiger partial charge in [0.1, 0.15) is 11.2 Å². The van der Waals surface area contributed by atoms with Crippen LogP contribution in [0.2, 0.25) is 0 Å². The zero-order chi connectivity index (χ0) is 19.2. The summed E-state index contributed by atoms with van der Waals surface area (Å²) in [6.45, 7) is 2.65. The van der Waals surface area contributed by atoms with Crippen molar-refractivity contribution in [3.8, 4) is 0 Å². The van der Waals surface area contributed by atoms with Crippen LogP contribution >= 0.6 is 0 Å². The first-order valence-electron chi connectivity index (χ1n) is 8.41. The summed E-state index contributed by atoms with van der Waals surface area (Å²) < 4.78 is 39.1. The highest BCUT2D eigenvalue weighted by Crippen LogP contribution is 2.38. The molecule has 2 aromatic heterocycles. The number of hydrogen-bond donors (Lipinski definition) is 1. The SMILES string of the molecule is C[C@@]1(c2cccc(C(F)(F)F)c2)CCN(C(=O)c2ccc3n[nH]nc3n2)C1. The summed E-state index contributed by atoms with van der Waals surface area (Å²) in [6, 6.07) is 8.56. The lowest BCUT2D eigenvalue weighted by molar-refractivity contribution is -0.137. The van der Waals surface area contributed by atoms with Crippen LogP contribution in [-0.4, -0.2) is 44.3 Å². The van der Waals surface area contributed by atoms with Gasteiger partial charge in [0.05, 0.1) is 5.56 Å². The Morgan fingerprint density at radius 2 is 2.04 bits per heavy atom. The number of rotatable bonds is 2. The van der Waals surface area contributed by atoms with Gasteiger partial charge in [-0.15, -0.1) is 5.10 Å². The molecule has 0 saturated carbocycles. The molecule has 1 aliphatic rings. The zero-order valence-corrected chi connectivity index (χ0v) is 14.4. The maximum atomic E-state index is 13.0. The number of fused-ring (bicyclic) bond motifs is 1. The van der Waals surface area contributed by atoms with Gasteiger partial charge in [-0.1, -0.05) is 25.1 Å². The molecule has 0 bridgehead atoms. The van der Waals surface area contributed by atoms with E-state index in [4.69, 9.17) is 0 Å². The standard InChI is InChI=1S/C18H16F3N5O/c1-17(11-3-2-4-12(9-11)18(19,20)21)7-8-26(10-17)16(27)14-6-5-13-15(22-14)24-25-23-13/h2-6,9H,7-8,10H2,1H3,(H,22,23,24,25)/t17-/m1/s1. The fraction of sp³-hybridized carbons (Fsp3) is 0.333. The van der Waals surface area contributed by atoms with Crippen molar-refractivity contribution in [3.05, 3.63) is 53.2 Å². The van der Waals surface area contributed by atoms with Crippen LogP contribution in [0.25, 0.3) is 11.2 Å². The minimum atomic E-state index is -4.39. The van der Waals surface area contributed by atoms with Crippen LogP contribution in [0, 0.1) is 0 Å². The van der Waals surface area contributed by atoms with Gasteiger partial charge in [0.2, 0.25) is 5.65 Å². The van der Waals surface area contributed by atoms with Gasteiger partial charge in [-0.3, -0.25) is 4.79 Å². The molecule has 0 aliphatic carbocycles. The zero-order valence-electron chi connectivity index (χ0n) is 14.4. The van der Waals surface area contributed by atoms with E-state index in [1.54, 1.807) is 23.1 Å². The highest BCUT2D eigenvalue weighted by molar-refractivity contribution is 5.94. The highest BCUT2D eigenvalue weighted by atomic mass is 19.4. The fourth-order valence-electron chi connectivity index (χ4n) is 3.46. The number of halogens is 3. The minimum Gasteiger partial charge on any atom is -0.336 e. The molecule has 1 fully saturated rings. The number of carbonyl (C=O) groups excluding carboxylic acids is 1. The first kappa shape index (κ1) is 17.4. The molecular formula is C18H16F3N5O. The number of hydrogen-bond acceptors (Lipinski definition) is 4. The molecule has 1 N–H and O–H groups in total. The monoisotopic (exact) mass is 375 g/mol. The van der Waals surface area contributed by atoms with Crippen LogP contribution in [0.1, 0.15) is 35.0 Å². The number of carbonyl (C=O) groups is 1. The number of aromatic amines is 1. The molecule has 6 nitrogen and oxygen atoms in total. The predicted octanol–water partition coefficient (Wildman–Crippen LogP) is 3.18. The van der Waals surface area contributed by atoms with Crippen LogP contribution in [0.5, 0.6) is 0 Å².